The third kappa shape index (κ3) is 3.82. The molecule has 2 unspecified atom stereocenters. The molecule has 2 heterocycles. The van der Waals surface area contributed by atoms with Gasteiger partial charge in [-0.25, -0.2) is 0 Å². The number of nitrogens with zero attached hydrogens (tertiary/aromatic N) is 2. The fraction of sp³-hybridized carbons (Fsp3) is 1.00. The molecule has 0 amide bonds. The maximum atomic E-state index is 12.6. The predicted molar refractivity (Wildman–Crippen MR) is 79.8 cm³/mol. The number of piperidine rings is 1. The van der Waals surface area contributed by atoms with Gasteiger partial charge in [-0.05, 0) is 32.6 Å². The Balaban J connectivity index is 0.00000180. The van der Waals surface area contributed by atoms with E-state index in [1.54, 1.807) is 8.61 Å². The maximum Gasteiger partial charge on any atom is 0.282 e. The quantitative estimate of drug-likeness (QED) is 0.830. The monoisotopic (exact) mass is 311 g/mol. The van der Waals surface area contributed by atoms with Crippen LogP contribution in [0.4, 0.5) is 0 Å². The Labute approximate surface area is 123 Å². The van der Waals surface area contributed by atoms with E-state index in [-0.39, 0.29) is 24.5 Å². The molecular formula is C12H26ClN3O2S. The van der Waals surface area contributed by atoms with E-state index in [0.717, 1.165) is 19.4 Å². The molecule has 2 fully saturated rings. The van der Waals surface area contributed by atoms with Crippen molar-refractivity contribution in [2.24, 2.45) is 5.92 Å². The van der Waals surface area contributed by atoms with Crippen LogP contribution in [0.3, 0.4) is 0 Å². The summed E-state index contributed by atoms with van der Waals surface area (Å²) in [5, 5.41) is 3.32. The van der Waals surface area contributed by atoms with Crippen molar-refractivity contribution in [3.8, 4) is 0 Å². The minimum absolute atomic E-state index is 0. The van der Waals surface area contributed by atoms with Gasteiger partial charge in [0.05, 0.1) is 0 Å². The van der Waals surface area contributed by atoms with E-state index < -0.39 is 10.2 Å². The Bertz CT molecular complexity index is 382. The van der Waals surface area contributed by atoms with Gasteiger partial charge in [0.15, 0.2) is 0 Å². The van der Waals surface area contributed by atoms with Crippen LogP contribution in [-0.4, -0.2) is 55.3 Å². The van der Waals surface area contributed by atoms with Crippen LogP contribution in [0.15, 0.2) is 0 Å². The molecule has 2 rings (SSSR count). The number of hydrogen-bond acceptors (Lipinski definition) is 3. The van der Waals surface area contributed by atoms with Crippen LogP contribution in [-0.2, 0) is 10.2 Å². The topological polar surface area (TPSA) is 52.7 Å². The second-order valence-electron chi connectivity index (χ2n) is 5.82. The number of nitrogens with one attached hydrogen (secondary N) is 1. The lowest BCUT2D eigenvalue weighted by Gasteiger charge is -2.40. The smallest absolute Gasteiger partial charge is 0.282 e. The van der Waals surface area contributed by atoms with Crippen molar-refractivity contribution >= 4 is 22.6 Å². The summed E-state index contributed by atoms with van der Waals surface area (Å²) in [5.41, 5.74) is 0. The molecular weight excluding hydrogens is 286 g/mol. The van der Waals surface area contributed by atoms with Crippen molar-refractivity contribution in [3.63, 3.8) is 0 Å². The minimum Gasteiger partial charge on any atom is -0.311 e. The molecule has 19 heavy (non-hydrogen) atoms. The molecule has 5 nitrogen and oxygen atoms in total. The van der Waals surface area contributed by atoms with Crippen molar-refractivity contribution in [2.75, 3.05) is 26.2 Å². The normalized spacial score (nSPS) is 31.9. The van der Waals surface area contributed by atoms with Crippen molar-refractivity contribution in [3.05, 3.63) is 0 Å². The van der Waals surface area contributed by atoms with E-state index in [1.165, 1.54) is 0 Å². The highest BCUT2D eigenvalue weighted by molar-refractivity contribution is 7.86. The van der Waals surface area contributed by atoms with Gasteiger partial charge in [0.1, 0.15) is 0 Å². The first-order chi connectivity index (χ1) is 8.41. The predicted octanol–water partition coefficient (Wildman–Crippen LogP) is 1.07. The number of piperazine rings is 1. The molecule has 114 valence electrons. The van der Waals surface area contributed by atoms with Crippen molar-refractivity contribution in [2.45, 2.75) is 45.7 Å². The van der Waals surface area contributed by atoms with Gasteiger partial charge < -0.3 is 5.32 Å². The molecule has 7 heteroatoms. The highest BCUT2D eigenvalue weighted by Crippen LogP contribution is 2.23. The first-order valence-electron chi connectivity index (χ1n) is 6.91. The van der Waals surface area contributed by atoms with Gasteiger partial charge in [-0.3, -0.25) is 0 Å². The van der Waals surface area contributed by atoms with Gasteiger partial charge in [-0.15, -0.1) is 12.4 Å². The third-order valence-electron chi connectivity index (χ3n) is 4.07. The van der Waals surface area contributed by atoms with Gasteiger partial charge in [-0.1, -0.05) is 6.92 Å². The number of hydrogen-bond donors (Lipinski definition) is 1. The van der Waals surface area contributed by atoms with Crippen LogP contribution in [0, 0.1) is 5.92 Å². The minimum atomic E-state index is -3.26. The van der Waals surface area contributed by atoms with Gasteiger partial charge in [-0.2, -0.15) is 17.0 Å². The number of rotatable bonds is 2. The molecule has 0 aromatic heterocycles. The van der Waals surface area contributed by atoms with E-state index in [9.17, 15) is 8.42 Å². The largest absolute Gasteiger partial charge is 0.311 e. The first-order valence-corrected chi connectivity index (χ1v) is 8.31. The summed E-state index contributed by atoms with van der Waals surface area (Å²) >= 11 is 0. The molecule has 0 radical (unpaired) electrons. The summed E-state index contributed by atoms with van der Waals surface area (Å²) in [6, 6.07) is 0.283. The zero-order chi connectivity index (χ0) is 13.3. The summed E-state index contributed by atoms with van der Waals surface area (Å²) in [4.78, 5) is 0. The van der Waals surface area contributed by atoms with Gasteiger partial charge >= 0.3 is 0 Å². The highest BCUT2D eigenvalue weighted by Gasteiger charge is 2.37. The van der Waals surface area contributed by atoms with Crippen LogP contribution in [0.25, 0.3) is 0 Å². The lowest BCUT2D eigenvalue weighted by molar-refractivity contribution is 0.210. The number of halogens is 1. The van der Waals surface area contributed by atoms with Crippen molar-refractivity contribution in [1.29, 1.82) is 0 Å². The fourth-order valence-electron chi connectivity index (χ4n) is 2.67. The highest BCUT2D eigenvalue weighted by atomic mass is 35.5. The second-order valence-corrected chi connectivity index (χ2v) is 7.70. The molecule has 0 aromatic carbocycles. The Morgan fingerprint density at radius 2 is 1.68 bits per heavy atom. The zero-order valence-corrected chi connectivity index (χ0v) is 13.6. The lowest BCUT2D eigenvalue weighted by Crippen LogP contribution is -2.59. The average molecular weight is 312 g/mol. The van der Waals surface area contributed by atoms with Gasteiger partial charge in [0.25, 0.3) is 10.2 Å². The average Bonchev–Trinajstić information content (AvgIpc) is 2.32. The van der Waals surface area contributed by atoms with Crippen LogP contribution in [0.1, 0.15) is 33.6 Å². The SMILES string of the molecule is CC1CCN(S(=O)(=O)N2CC(C)NCC2C)CC1.Cl. The molecule has 2 saturated heterocycles. The molecule has 0 spiro atoms. The van der Waals surface area contributed by atoms with Crippen LogP contribution in [0.5, 0.6) is 0 Å². The molecule has 0 bridgehead atoms. The van der Waals surface area contributed by atoms with E-state index in [2.05, 4.69) is 12.2 Å². The van der Waals surface area contributed by atoms with E-state index in [1.807, 2.05) is 13.8 Å². The molecule has 2 aliphatic heterocycles. The molecule has 2 atom stereocenters. The second kappa shape index (κ2) is 6.72. The summed E-state index contributed by atoms with van der Waals surface area (Å²) in [5.74, 6) is 0.649. The van der Waals surface area contributed by atoms with Crippen molar-refractivity contribution in [1.82, 2.24) is 13.9 Å². The van der Waals surface area contributed by atoms with Gasteiger partial charge in [0.2, 0.25) is 0 Å². The summed E-state index contributed by atoms with van der Waals surface area (Å²) in [6.07, 6.45) is 1.96. The van der Waals surface area contributed by atoms with Crippen molar-refractivity contribution < 1.29 is 8.42 Å². The van der Waals surface area contributed by atoms with Gasteiger partial charge in [0, 0.05) is 38.3 Å². The Kier molecular flexibility index (Phi) is 6.07. The Morgan fingerprint density at radius 1 is 1.11 bits per heavy atom. The summed E-state index contributed by atoms with van der Waals surface area (Å²) in [7, 11) is -3.26. The lowest BCUT2D eigenvalue weighted by atomic mass is 10.0. The van der Waals surface area contributed by atoms with Crippen LogP contribution in [0.2, 0.25) is 0 Å². The van der Waals surface area contributed by atoms with E-state index in [0.29, 0.717) is 25.6 Å². The first kappa shape index (κ1) is 17.2. The molecule has 0 aliphatic carbocycles. The standard InChI is InChI=1S/C12H25N3O2S.ClH/c1-10-4-6-14(7-5-10)18(16,17)15-9-11(2)13-8-12(15)3;/h10-13H,4-9H2,1-3H3;1H. The third-order valence-corrected chi connectivity index (χ3v) is 6.19. The summed E-state index contributed by atoms with van der Waals surface area (Å²) < 4.78 is 28.6. The molecule has 2 aliphatic rings. The Morgan fingerprint density at radius 3 is 2.26 bits per heavy atom. The van der Waals surface area contributed by atoms with Crippen LogP contribution >= 0.6 is 12.4 Å². The maximum absolute atomic E-state index is 12.6. The molecule has 0 saturated carbocycles. The molecule has 1 N–H and O–H groups in total. The summed E-state index contributed by atoms with van der Waals surface area (Å²) in [6.45, 7) is 8.87. The Hall–Kier alpha value is 0.120. The fourth-order valence-corrected chi connectivity index (χ4v) is 4.58. The van der Waals surface area contributed by atoms with E-state index >= 15 is 0 Å². The van der Waals surface area contributed by atoms with E-state index in [4.69, 9.17) is 0 Å². The zero-order valence-electron chi connectivity index (χ0n) is 12.0. The molecule has 0 aromatic rings. The van der Waals surface area contributed by atoms with Crippen LogP contribution < -0.4 is 5.32 Å².